The number of hydrogen-bond acceptors (Lipinski definition) is 5. The van der Waals surface area contributed by atoms with E-state index in [0.717, 1.165) is 0 Å². The number of hydrogen-bond donors (Lipinski definition) is 1. The molecule has 0 unspecified atom stereocenters. The average molecular weight is 329 g/mol. The number of nitrogens with zero attached hydrogens (tertiary/aromatic N) is 4. The van der Waals surface area contributed by atoms with E-state index < -0.39 is 11.7 Å². The van der Waals surface area contributed by atoms with Crippen molar-refractivity contribution in [2.45, 2.75) is 5.16 Å². The van der Waals surface area contributed by atoms with Gasteiger partial charge in [-0.3, -0.25) is 4.79 Å². The number of thioether (sulfide) groups is 1. The summed E-state index contributed by atoms with van der Waals surface area (Å²) < 4.78 is 15.2. The van der Waals surface area contributed by atoms with Crippen LogP contribution >= 0.6 is 11.8 Å². The largest absolute Gasteiger partial charge is 0.322 e. The van der Waals surface area contributed by atoms with Gasteiger partial charge >= 0.3 is 0 Å². The molecule has 1 heterocycles. The summed E-state index contributed by atoms with van der Waals surface area (Å²) in [5, 5.41) is 14.7. The van der Waals surface area contributed by atoms with Crippen LogP contribution in [0.3, 0.4) is 0 Å². The van der Waals surface area contributed by atoms with Crippen LogP contribution in [0.25, 0.3) is 5.69 Å². The van der Waals surface area contributed by atoms with E-state index in [1.807, 2.05) is 12.3 Å². The number of halogens is 1. The van der Waals surface area contributed by atoms with E-state index in [4.69, 9.17) is 0 Å². The molecule has 1 amide bonds. The second-order valence-corrected chi connectivity index (χ2v) is 5.34. The molecule has 0 fully saturated rings. The van der Waals surface area contributed by atoms with Gasteiger partial charge in [-0.05, 0) is 47.0 Å². The van der Waals surface area contributed by atoms with Gasteiger partial charge in [0.2, 0.25) is 5.16 Å². The van der Waals surface area contributed by atoms with Gasteiger partial charge < -0.3 is 5.32 Å². The second kappa shape index (κ2) is 6.57. The number of carbonyl (C=O) groups is 1. The van der Waals surface area contributed by atoms with E-state index in [1.54, 1.807) is 28.9 Å². The summed E-state index contributed by atoms with van der Waals surface area (Å²) in [7, 11) is 0. The minimum Gasteiger partial charge on any atom is -0.322 e. The molecule has 1 aromatic heterocycles. The molecule has 8 heteroatoms. The molecule has 0 aliphatic carbocycles. The monoisotopic (exact) mass is 329 g/mol. The Labute approximate surface area is 135 Å². The molecule has 23 heavy (non-hydrogen) atoms. The smallest absolute Gasteiger partial charge is 0.258 e. The highest BCUT2D eigenvalue weighted by molar-refractivity contribution is 7.98. The van der Waals surface area contributed by atoms with Crippen molar-refractivity contribution >= 4 is 23.4 Å². The second-order valence-electron chi connectivity index (χ2n) is 4.56. The van der Waals surface area contributed by atoms with Gasteiger partial charge in [-0.25, -0.2) is 4.39 Å². The zero-order chi connectivity index (χ0) is 16.2. The molecule has 116 valence electrons. The molecule has 6 nitrogen and oxygen atoms in total. The molecule has 0 saturated heterocycles. The fraction of sp³-hybridized carbons (Fsp3) is 0.0667. The van der Waals surface area contributed by atoms with Crippen LogP contribution in [0.2, 0.25) is 0 Å². The SMILES string of the molecule is CSc1nnnn1-c1cccc(NC(=O)c2ccccc2F)c1. The van der Waals surface area contributed by atoms with Gasteiger partial charge in [0, 0.05) is 5.69 Å². The Hall–Kier alpha value is -2.74. The van der Waals surface area contributed by atoms with Crippen LogP contribution < -0.4 is 5.32 Å². The van der Waals surface area contributed by atoms with Crippen LogP contribution in [-0.4, -0.2) is 32.4 Å². The van der Waals surface area contributed by atoms with Crippen LogP contribution in [0, 0.1) is 5.82 Å². The van der Waals surface area contributed by atoms with E-state index in [-0.39, 0.29) is 5.56 Å². The van der Waals surface area contributed by atoms with Crippen LogP contribution in [0.4, 0.5) is 10.1 Å². The van der Waals surface area contributed by atoms with Crippen LogP contribution in [0.15, 0.2) is 53.7 Å². The number of benzene rings is 2. The molecule has 2 aromatic carbocycles. The number of carbonyl (C=O) groups excluding carboxylic acids is 1. The highest BCUT2D eigenvalue weighted by atomic mass is 32.2. The lowest BCUT2D eigenvalue weighted by Crippen LogP contribution is -2.14. The fourth-order valence-corrected chi connectivity index (χ4v) is 2.46. The summed E-state index contributed by atoms with van der Waals surface area (Å²) in [5.41, 5.74) is 1.22. The number of anilines is 1. The standard InChI is InChI=1S/C15H12FN5OS/c1-23-15-18-19-20-21(15)11-6-4-5-10(9-11)17-14(22)12-7-2-3-8-13(12)16/h2-9H,1H3,(H,17,22). The predicted molar refractivity (Wildman–Crippen MR) is 85.3 cm³/mol. The maximum atomic E-state index is 13.6. The van der Waals surface area contributed by atoms with E-state index >= 15 is 0 Å². The summed E-state index contributed by atoms with van der Waals surface area (Å²) >= 11 is 1.41. The molecule has 3 aromatic rings. The third-order valence-corrected chi connectivity index (χ3v) is 3.71. The van der Waals surface area contributed by atoms with Crippen LogP contribution in [0.1, 0.15) is 10.4 Å². The lowest BCUT2D eigenvalue weighted by atomic mass is 10.2. The Balaban J connectivity index is 1.86. The molecule has 0 radical (unpaired) electrons. The number of aromatic nitrogens is 4. The van der Waals surface area contributed by atoms with Gasteiger partial charge in [0.25, 0.3) is 5.91 Å². The van der Waals surface area contributed by atoms with Gasteiger partial charge in [-0.2, -0.15) is 4.68 Å². The van der Waals surface area contributed by atoms with Crippen molar-refractivity contribution in [2.24, 2.45) is 0 Å². The molecule has 1 N–H and O–H groups in total. The van der Waals surface area contributed by atoms with E-state index in [0.29, 0.717) is 16.5 Å². The first-order chi connectivity index (χ1) is 11.2. The molecule has 0 bridgehead atoms. The number of nitrogens with one attached hydrogen (secondary N) is 1. The predicted octanol–water partition coefficient (Wildman–Crippen LogP) is 2.78. The molecular formula is C15H12FN5OS. The summed E-state index contributed by atoms with van der Waals surface area (Å²) in [6.45, 7) is 0. The molecule has 0 aliphatic heterocycles. The molecule has 0 aliphatic rings. The van der Waals surface area contributed by atoms with E-state index in [1.165, 1.54) is 30.0 Å². The Bertz CT molecular complexity index is 851. The average Bonchev–Trinajstić information content (AvgIpc) is 3.04. The van der Waals surface area contributed by atoms with Crippen molar-refractivity contribution in [1.29, 1.82) is 0 Å². The quantitative estimate of drug-likeness (QED) is 0.745. The van der Waals surface area contributed by atoms with E-state index in [9.17, 15) is 9.18 Å². The minimum atomic E-state index is -0.564. The molecule has 0 saturated carbocycles. The fourth-order valence-electron chi connectivity index (χ4n) is 2.03. The zero-order valence-corrected chi connectivity index (χ0v) is 12.9. The van der Waals surface area contributed by atoms with Gasteiger partial charge in [0.1, 0.15) is 5.82 Å². The Morgan fingerprint density at radius 2 is 2.04 bits per heavy atom. The first kappa shape index (κ1) is 15.2. The van der Waals surface area contributed by atoms with Gasteiger partial charge in [0.15, 0.2) is 0 Å². The first-order valence-electron chi connectivity index (χ1n) is 6.68. The molecule has 0 atom stereocenters. The highest BCUT2D eigenvalue weighted by Gasteiger charge is 2.12. The summed E-state index contributed by atoms with van der Waals surface area (Å²) in [4.78, 5) is 12.2. The first-order valence-corrected chi connectivity index (χ1v) is 7.90. The third-order valence-electron chi connectivity index (χ3n) is 3.09. The van der Waals surface area contributed by atoms with Gasteiger partial charge in [-0.1, -0.05) is 30.0 Å². The number of rotatable bonds is 4. The normalized spacial score (nSPS) is 10.5. The molecule has 0 spiro atoms. The topological polar surface area (TPSA) is 72.7 Å². The van der Waals surface area contributed by atoms with Crippen molar-refractivity contribution in [3.05, 3.63) is 59.9 Å². The van der Waals surface area contributed by atoms with Crippen molar-refractivity contribution < 1.29 is 9.18 Å². The van der Waals surface area contributed by atoms with Crippen molar-refractivity contribution in [3.8, 4) is 5.69 Å². The maximum absolute atomic E-state index is 13.6. The van der Waals surface area contributed by atoms with Crippen molar-refractivity contribution in [3.63, 3.8) is 0 Å². The Morgan fingerprint density at radius 3 is 2.83 bits per heavy atom. The van der Waals surface area contributed by atoms with Crippen LogP contribution in [0.5, 0.6) is 0 Å². The third kappa shape index (κ3) is 3.21. The summed E-state index contributed by atoms with van der Waals surface area (Å²) in [5.74, 6) is -1.08. The zero-order valence-electron chi connectivity index (χ0n) is 12.1. The lowest BCUT2D eigenvalue weighted by molar-refractivity contribution is 0.102. The van der Waals surface area contributed by atoms with Gasteiger partial charge in [0.05, 0.1) is 11.3 Å². The molecular weight excluding hydrogens is 317 g/mol. The summed E-state index contributed by atoms with van der Waals surface area (Å²) in [6, 6.07) is 12.8. The number of tetrazole rings is 1. The number of amides is 1. The molecule has 3 rings (SSSR count). The van der Waals surface area contributed by atoms with Gasteiger partial charge in [-0.15, -0.1) is 5.10 Å². The Kier molecular flexibility index (Phi) is 4.33. The van der Waals surface area contributed by atoms with Crippen molar-refractivity contribution in [1.82, 2.24) is 20.2 Å². The lowest BCUT2D eigenvalue weighted by Gasteiger charge is -2.08. The maximum Gasteiger partial charge on any atom is 0.258 e. The van der Waals surface area contributed by atoms with Crippen LogP contribution in [-0.2, 0) is 0 Å². The Morgan fingerprint density at radius 1 is 1.22 bits per heavy atom. The highest BCUT2D eigenvalue weighted by Crippen LogP contribution is 2.19. The minimum absolute atomic E-state index is 0.00914. The summed E-state index contributed by atoms with van der Waals surface area (Å²) in [6.07, 6.45) is 1.87. The van der Waals surface area contributed by atoms with Crippen molar-refractivity contribution in [2.75, 3.05) is 11.6 Å². The van der Waals surface area contributed by atoms with E-state index in [2.05, 4.69) is 20.8 Å².